The normalized spacial score (nSPS) is 10.7. The molecule has 2 aromatic rings. The van der Waals surface area contributed by atoms with Crippen LogP contribution in [-0.2, 0) is 11.2 Å². The summed E-state index contributed by atoms with van der Waals surface area (Å²) in [6.07, 6.45) is 4.11. The quantitative estimate of drug-likeness (QED) is 0.652. The van der Waals surface area contributed by atoms with Gasteiger partial charge < -0.3 is 15.8 Å². The zero-order chi connectivity index (χ0) is 16.8. The summed E-state index contributed by atoms with van der Waals surface area (Å²) >= 11 is 0. The van der Waals surface area contributed by atoms with E-state index in [0.717, 1.165) is 28.8 Å². The van der Waals surface area contributed by atoms with Crippen LogP contribution in [0.1, 0.15) is 23.6 Å². The molecule has 1 amide bonds. The lowest BCUT2D eigenvalue weighted by atomic mass is 10.1. The Morgan fingerprint density at radius 3 is 2.74 bits per heavy atom. The Bertz CT molecular complexity index is 736. The van der Waals surface area contributed by atoms with Crippen LogP contribution in [0.25, 0.3) is 6.08 Å². The van der Waals surface area contributed by atoms with E-state index in [4.69, 9.17) is 10.5 Å². The van der Waals surface area contributed by atoms with Gasteiger partial charge in [0.2, 0.25) is 5.91 Å². The van der Waals surface area contributed by atoms with Crippen LogP contribution < -0.4 is 15.8 Å². The van der Waals surface area contributed by atoms with Crippen LogP contribution in [0.3, 0.4) is 0 Å². The topological polar surface area (TPSA) is 64.3 Å². The molecule has 4 heteroatoms. The summed E-state index contributed by atoms with van der Waals surface area (Å²) in [4.78, 5) is 12.2. The van der Waals surface area contributed by atoms with Gasteiger partial charge in [-0.1, -0.05) is 31.2 Å². The fraction of sp³-hybridized carbons (Fsp3) is 0.211. The molecule has 0 saturated heterocycles. The Hall–Kier alpha value is -2.75. The van der Waals surface area contributed by atoms with E-state index >= 15 is 0 Å². The molecule has 0 fully saturated rings. The Kier molecular flexibility index (Phi) is 5.41. The number of nitrogens with two attached hydrogens (primary N) is 1. The fourth-order valence-electron chi connectivity index (χ4n) is 2.40. The first-order chi connectivity index (χ1) is 11.0. The molecular weight excluding hydrogens is 288 g/mol. The van der Waals surface area contributed by atoms with Crippen LogP contribution >= 0.6 is 0 Å². The third kappa shape index (κ3) is 4.13. The van der Waals surface area contributed by atoms with Crippen LogP contribution in [-0.4, -0.2) is 13.0 Å². The SMILES string of the molecule is CCc1cccc(C)c1NC(=O)/C=C/c1ccc(OC)c(N)c1. The second-order valence-corrected chi connectivity index (χ2v) is 5.29. The van der Waals surface area contributed by atoms with Gasteiger partial charge in [-0.15, -0.1) is 0 Å². The molecule has 23 heavy (non-hydrogen) atoms. The molecule has 0 radical (unpaired) electrons. The molecule has 4 nitrogen and oxygen atoms in total. The second kappa shape index (κ2) is 7.49. The highest BCUT2D eigenvalue weighted by Gasteiger charge is 2.06. The number of carbonyl (C=O) groups is 1. The summed E-state index contributed by atoms with van der Waals surface area (Å²) in [6, 6.07) is 11.4. The van der Waals surface area contributed by atoms with E-state index in [1.807, 2.05) is 31.2 Å². The predicted molar refractivity (Wildman–Crippen MR) is 95.6 cm³/mol. The maximum Gasteiger partial charge on any atom is 0.248 e. The van der Waals surface area contributed by atoms with Crippen molar-refractivity contribution in [1.29, 1.82) is 0 Å². The number of benzene rings is 2. The summed E-state index contributed by atoms with van der Waals surface area (Å²) in [5.74, 6) is 0.461. The van der Waals surface area contributed by atoms with Crippen molar-refractivity contribution in [3.05, 3.63) is 59.2 Å². The van der Waals surface area contributed by atoms with E-state index in [1.165, 1.54) is 6.08 Å². The Labute approximate surface area is 137 Å². The minimum Gasteiger partial charge on any atom is -0.495 e. The van der Waals surface area contributed by atoms with Gasteiger partial charge in [-0.3, -0.25) is 4.79 Å². The molecule has 0 heterocycles. The van der Waals surface area contributed by atoms with Gasteiger partial charge in [-0.25, -0.2) is 0 Å². The summed E-state index contributed by atoms with van der Waals surface area (Å²) in [5, 5.41) is 2.96. The number of ether oxygens (including phenoxy) is 1. The van der Waals surface area contributed by atoms with E-state index in [9.17, 15) is 4.79 Å². The van der Waals surface area contributed by atoms with Crippen molar-refractivity contribution in [2.24, 2.45) is 0 Å². The lowest BCUT2D eigenvalue weighted by Gasteiger charge is -2.11. The molecule has 0 atom stereocenters. The number of nitrogens with one attached hydrogen (secondary N) is 1. The van der Waals surface area contributed by atoms with Crippen molar-refractivity contribution >= 4 is 23.4 Å². The van der Waals surface area contributed by atoms with Crippen LogP contribution in [0.15, 0.2) is 42.5 Å². The average molecular weight is 310 g/mol. The van der Waals surface area contributed by atoms with Crippen molar-refractivity contribution in [2.45, 2.75) is 20.3 Å². The predicted octanol–water partition coefficient (Wildman–Crippen LogP) is 3.80. The number of aryl methyl sites for hydroxylation is 2. The van der Waals surface area contributed by atoms with Crippen LogP contribution in [0.2, 0.25) is 0 Å². The molecule has 3 N–H and O–H groups in total. The van der Waals surface area contributed by atoms with Gasteiger partial charge in [0.05, 0.1) is 12.8 Å². The zero-order valence-electron chi connectivity index (χ0n) is 13.7. The van der Waals surface area contributed by atoms with Gasteiger partial charge in [0, 0.05) is 11.8 Å². The minimum atomic E-state index is -0.164. The molecule has 0 bridgehead atoms. The fourth-order valence-corrected chi connectivity index (χ4v) is 2.40. The number of methoxy groups -OCH3 is 1. The molecule has 0 aliphatic heterocycles. The lowest BCUT2D eigenvalue weighted by Crippen LogP contribution is -2.11. The number of amides is 1. The number of nitrogen functional groups attached to an aromatic ring is 1. The van der Waals surface area contributed by atoms with Crippen molar-refractivity contribution in [2.75, 3.05) is 18.2 Å². The number of hydrogen-bond donors (Lipinski definition) is 2. The lowest BCUT2D eigenvalue weighted by molar-refractivity contribution is -0.111. The first-order valence-electron chi connectivity index (χ1n) is 7.56. The molecule has 0 aliphatic rings. The van der Waals surface area contributed by atoms with Gasteiger partial charge in [0.15, 0.2) is 0 Å². The van der Waals surface area contributed by atoms with Crippen molar-refractivity contribution in [3.63, 3.8) is 0 Å². The highest BCUT2D eigenvalue weighted by Crippen LogP contribution is 2.23. The largest absolute Gasteiger partial charge is 0.495 e. The minimum absolute atomic E-state index is 0.164. The molecule has 0 aliphatic carbocycles. The van der Waals surface area contributed by atoms with Gasteiger partial charge in [0.1, 0.15) is 5.75 Å². The highest BCUT2D eigenvalue weighted by atomic mass is 16.5. The van der Waals surface area contributed by atoms with Crippen molar-refractivity contribution in [3.8, 4) is 5.75 Å². The zero-order valence-corrected chi connectivity index (χ0v) is 13.7. The summed E-state index contributed by atoms with van der Waals surface area (Å²) < 4.78 is 5.11. The third-order valence-corrected chi connectivity index (χ3v) is 3.67. The Morgan fingerprint density at radius 2 is 2.09 bits per heavy atom. The molecule has 120 valence electrons. The van der Waals surface area contributed by atoms with Crippen molar-refractivity contribution in [1.82, 2.24) is 0 Å². The number of rotatable bonds is 5. The van der Waals surface area contributed by atoms with E-state index in [1.54, 1.807) is 25.3 Å². The smallest absolute Gasteiger partial charge is 0.248 e. The molecule has 0 unspecified atom stereocenters. The summed E-state index contributed by atoms with van der Waals surface area (Å²) in [6.45, 7) is 4.06. The van der Waals surface area contributed by atoms with Gasteiger partial charge in [-0.05, 0) is 48.2 Å². The molecule has 2 rings (SSSR count). The molecule has 2 aromatic carbocycles. The monoisotopic (exact) mass is 310 g/mol. The van der Waals surface area contributed by atoms with Gasteiger partial charge >= 0.3 is 0 Å². The van der Waals surface area contributed by atoms with Gasteiger partial charge in [-0.2, -0.15) is 0 Å². The standard InChI is InChI=1S/C19H22N2O2/c1-4-15-7-5-6-13(2)19(15)21-18(22)11-9-14-8-10-17(23-3)16(20)12-14/h5-12H,4,20H2,1-3H3,(H,21,22)/b11-9+. The van der Waals surface area contributed by atoms with E-state index in [-0.39, 0.29) is 5.91 Å². The van der Waals surface area contributed by atoms with E-state index < -0.39 is 0 Å². The Morgan fingerprint density at radius 1 is 1.30 bits per heavy atom. The number of anilines is 2. The van der Waals surface area contributed by atoms with Crippen LogP contribution in [0.5, 0.6) is 5.75 Å². The van der Waals surface area contributed by atoms with E-state index in [0.29, 0.717) is 11.4 Å². The molecular formula is C19H22N2O2. The maximum absolute atomic E-state index is 12.2. The Balaban J connectivity index is 2.12. The summed E-state index contributed by atoms with van der Waals surface area (Å²) in [7, 11) is 1.57. The number of para-hydroxylation sites is 1. The molecule has 0 spiro atoms. The summed E-state index contributed by atoms with van der Waals surface area (Å²) in [5.41, 5.74) is 10.3. The molecule has 0 saturated carbocycles. The van der Waals surface area contributed by atoms with Crippen molar-refractivity contribution < 1.29 is 9.53 Å². The first-order valence-corrected chi connectivity index (χ1v) is 7.56. The first kappa shape index (κ1) is 16.6. The van der Waals surface area contributed by atoms with E-state index in [2.05, 4.69) is 12.2 Å². The van der Waals surface area contributed by atoms with Crippen LogP contribution in [0, 0.1) is 6.92 Å². The average Bonchev–Trinajstić information content (AvgIpc) is 2.55. The highest BCUT2D eigenvalue weighted by molar-refractivity contribution is 6.02. The third-order valence-electron chi connectivity index (χ3n) is 3.67. The molecule has 0 aromatic heterocycles. The maximum atomic E-state index is 12.2. The number of carbonyl (C=O) groups excluding carboxylic acids is 1. The second-order valence-electron chi connectivity index (χ2n) is 5.29. The van der Waals surface area contributed by atoms with Gasteiger partial charge in [0.25, 0.3) is 0 Å². The number of hydrogen-bond acceptors (Lipinski definition) is 3. The van der Waals surface area contributed by atoms with Crippen LogP contribution in [0.4, 0.5) is 11.4 Å².